The predicted molar refractivity (Wildman–Crippen MR) is 86.5 cm³/mol. The maximum Gasteiger partial charge on any atom is 0.185 e. The molecular weight excluding hydrogens is 286 g/mol. The van der Waals surface area contributed by atoms with Crippen molar-refractivity contribution in [3.05, 3.63) is 51.8 Å². The van der Waals surface area contributed by atoms with Gasteiger partial charge in [0.1, 0.15) is 5.01 Å². The first kappa shape index (κ1) is 13.3. The summed E-state index contributed by atoms with van der Waals surface area (Å²) in [7, 11) is 2.06. The van der Waals surface area contributed by atoms with Crippen molar-refractivity contribution in [2.75, 3.05) is 11.9 Å². The number of thiazole rings is 2. The SMILES string of the molecule is Cc1csc(CN(C)c2nc(-c3ccccc3)cs2)n1. The molecule has 3 aromatic rings. The number of hydrogen-bond donors (Lipinski definition) is 0. The smallest absolute Gasteiger partial charge is 0.185 e. The Kier molecular flexibility index (Phi) is 3.80. The summed E-state index contributed by atoms with van der Waals surface area (Å²) < 4.78 is 0. The maximum absolute atomic E-state index is 4.70. The van der Waals surface area contributed by atoms with Gasteiger partial charge in [0.25, 0.3) is 0 Å². The van der Waals surface area contributed by atoms with Gasteiger partial charge in [0, 0.05) is 29.1 Å². The molecule has 0 aliphatic heterocycles. The van der Waals surface area contributed by atoms with Crippen LogP contribution in [0.2, 0.25) is 0 Å². The summed E-state index contributed by atoms with van der Waals surface area (Å²) in [6, 6.07) is 10.3. The largest absolute Gasteiger partial charge is 0.344 e. The molecule has 3 rings (SSSR count). The highest BCUT2D eigenvalue weighted by atomic mass is 32.1. The summed E-state index contributed by atoms with van der Waals surface area (Å²) in [4.78, 5) is 11.3. The minimum atomic E-state index is 0.806. The van der Waals surface area contributed by atoms with Crippen LogP contribution in [0.15, 0.2) is 41.1 Å². The topological polar surface area (TPSA) is 29.0 Å². The number of anilines is 1. The zero-order valence-electron chi connectivity index (χ0n) is 11.4. The maximum atomic E-state index is 4.70. The molecule has 20 heavy (non-hydrogen) atoms. The molecule has 0 amide bonds. The van der Waals surface area contributed by atoms with Crippen LogP contribution in [0, 0.1) is 6.92 Å². The van der Waals surface area contributed by atoms with Gasteiger partial charge in [-0.3, -0.25) is 0 Å². The molecule has 0 saturated heterocycles. The van der Waals surface area contributed by atoms with Crippen LogP contribution in [0.4, 0.5) is 5.13 Å². The van der Waals surface area contributed by atoms with Crippen LogP contribution in [-0.4, -0.2) is 17.0 Å². The van der Waals surface area contributed by atoms with E-state index in [1.165, 1.54) is 0 Å². The van der Waals surface area contributed by atoms with Gasteiger partial charge in [0.15, 0.2) is 5.13 Å². The number of aromatic nitrogens is 2. The van der Waals surface area contributed by atoms with E-state index in [1.54, 1.807) is 22.7 Å². The van der Waals surface area contributed by atoms with Gasteiger partial charge in [-0.25, -0.2) is 9.97 Å². The van der Waals surface area contributed by atoms with Gasteiger partial charge in [-0.2, -0.15) is 0 Å². The molecule has 1 aromatic carbocycles. The number of nitrogens with zero attached hydrogens (tertiary/aromatic N) is 3. The van der Waals surface area contributed by atoms with E-state index in [4.69, 9.17) is 4.98 Å². The zero-order chi connectivity index (χ0) is 13.9. The number of benzene rings is 1. The molecule has 2 aromatic heterocycles. The van der Waals surface area contributed by atoms with Crippen molar-refractivity contribution in [2.24, 2.45) is 0 Å². The highest BCUT2D eigenvalue weighted by Crippen LogP contribution is 2.27. The Labute approximate surface area is 126 Å². The van der Waals surface area contributed by atoms with E-state index in [0.717, 1.165) is 33.6 Å². The summed E-state index contributed by atoms with van der Waals surface area (Å²) in [5, 5.41) is 6.34. The Morgan fingerprint density at radius 1 is 1.05 bits per heavy atom. The minimum Gasteiger partial charge on any atom is -0.344 e. The fourth-order valence-electron chi connectivity index (χ4n) is 1.93. The van der Waals surface area contributed by atoms with Gasteiger partial charge in [0.05, 0.1) is 12.2 Å². The molecular formula is C15H15N3S2. The van der Waals surface area contributed by atoms with Crippen LogP contribution < -0.4 is 4.90 Å². The van der Waals surface area contributed by atoms with Crippen molar-refractivity contribution in [3.8, 4) is 11.3 Å². The number of rotatable bonds is 4. The van der Waals surface area contributed by atoms with Gasteiger partial charge in [-0.15, -0.1) is 22.7 Å². The summed E-state index contributed by atoms with van der Waals surface area (Å²) >= 11 is 3.37. The van der Waals surface area contributed by atoms with Gasteiger partial charge in [-0.05, 0) is 6.92 Å². The Bertz CT molecular complexity index is 688. The first-order valence-electron chi connectivity index (χ1n) is 6.35. The molecule has 0 spiro atoms. The highest BCUT2D eigenvalue weighted by molar-refractivity contribution is 7.14. The Morgan fingerprint density at radius 2 is 1.85 bits per heavy atom. The summed E-state index contributed by atoms with van der Waals surface area (Å²) in [5.74, 6) is 0. The van der Waals surface area contributed by atoms with Crippen LogP contribution in [0.25, 0.3) is 11.3 Å². The fraction of sp³-hybridized carbons (Fsp3) is 0.200. The van der Waals surface area contributed by atoms with Crippen molar-refractivity contribution < 1.29 is 0 Å². The van der Waals surface area contributed by atoms with E-state index < -0.39 is 0 Å². The lowest BCUT2D eigenvalue weighted by molar-refractivity contribution is 0.898. The Hall–Kier alpha value is -1.72. The van der Waals surface area contributed by atoms with Gasteiger partial charge in [0.2, 0.25) is 0 Å². The first-order valence-corrected chi connectivity index (χ1v) is 8.11. The Morgan fingerprint density at radius 3 is 2.55 bits per heavy atom. The third-order valence-corrected chi connectivity index (χ3v) is 4.83. The van der Waals surface area contributed by atoms with E-state index in [9.17, 15) is 0 Å². The molecule has 0 saturated carbocycles. The molecule has 0 unspecified atom stereocenters. The van der Waals surface area contributed by atoms with Crippen LogP contribution in [-0.2, 0) is 6.54 Å². The Balaban J connectivity index is 1.76. The van der Waals surface area contributed by atoms with Crippen LogP contribution in [0.3, 0.4) is 0 Å². The zero-order valence-corrected chi connectivity index (χ0v) is 13.0. The molecule has 0 aliphatic rings. The van der Waals surface area contributed by atoms with E-state index >= 15 is 0 Å². The van der Waals surface area contributed by atoms with Gasteiger partial charge in [-0.1, -0.05) is 30.3 Å². The summed E-state index contributed by atoms with van der Waals surface area (Å²) in [6.07, 6.45) is 0. The van der Waals surface area contributed by atoms with Crippen LogP contribution >= 0.6 is 22.7 Å². The summed E-state index contributed by atoms with van der Waals surface area (Å²) in [6.45, 7) is 2.83. The number of hydrogen-bond acceptors (Lipinski definition) is 5. The lowest BCUT2D eigenvalue weighted by Crippen LogP contribution is -2.15. The lowest BCUT2D eigenvalue weighted by Gasteiger charge is -2.13. The molecule has 0 N–H and O–H groups in total. The molecule has 0 atom stereocenters. The average molecular weight is 301 g/mol. The molecule has 0 aliphatic carbocycles. The van der Waals surface area contributed by atoms with Crippen molar-refractivity contribution in [3.63, 3.8) is 0 Å². The average Bonchev–Trinajstić information content (AvgIpc) is 3.09. The van der Waals surface area contributed by atoms with Gasteiger partial charge < -0.3 is 4.90 Å². The van der Waals surface area contributed by atoms with E-state index in [2.05, 4.69) is 39.8 Å². The highest BCUT2D eigenvalue weighted by Gasteiger charge is 2.10. The van der Waals surface area contributed by atoms with Crippen LogP contribution in [0.5, 0.6) is 0 Å². The third-order valence-electron chi connectivity index (χ3n) is 2.93. The number of aryl methyl sites for hydroxylation is 1. The second-order valence-electron chi connectivity index (χ2n) is 4.62. The normalized spacial score (nSPS) is 10.7. The molecule has 102 valence electrons. The van der Waals surface area contributed by atoms with E-state index in [1.807, 2.05) is 25.1 Å². The van der Waals surface area contributed by atoms with Gasteiger partial charge >= 0.3 is 0 Å². The molecule has 3 nitrogen and oxygen atoms in total. The minimum absolute atomic E-state index is 0.806. The fourth-order valence-corrected chi connectivity index (χ4v) is 3.55. The molecule has 2 heterocycles. The quantitative estimate of drug-likeness (QED) is 0.723. The summed E-state index contributed by atoms with van der Waals surface area (Å²) in [5.41, 5.74) is 3.28. The molecule has 0 fully saturated rings. The molecule has 5 heteroatoms. The van der Waals surface area contributed by atoms with Crippen molar-refractivity contribution >= 4 is 27.8 Å². The molecule has 0 bridgehead atoms. The first-order chi connectivity index (χ1) is 9.72. The second-order valence-corrected chi connectivity index (χ2v) is 6.40. The van der Waals surface area contributed by atoms with Crippen molar-refractivity contribution in [1.82, 2.24) is 9.97 Å². The monoisotopic (exact) mass is 301 g/mol. The third kappa shape index (κ3) is 2.89. The lowest BCUT2D eigenvalue weighted by atomic mass is 10.2. The predicted octanol–water partition coefficient (Wildman–Crippen LogP) is 4.21. The van der Waals surface area contributed by atoms with Crippen molar-refractivity contribution in [2.45, 2.75) is 13.5 Å². The second kappa shape index (κ2) is 5.73. The van der Waals surface area contributed by atoms with E-state index in [-0.39, 0.29) is 0 Å². The standard InChI is InChI=1S/C15H15N3S2/c1-11-9-19-14(16-11)8-18(2)15-17-13(10-20-15)12-6-4-3-5-7-12/h3-7,9-10H,8H2,1-2H3. The molecule has 0 radical (unpaired) electrons. The van der Waals surface area contributed by atoms with Crippen LogP contribution in [0.1, 0.15) is 10.7 Å². The van der Waals surface area contributed by atoms with Crippen molar-refractivity contribution in [1.29, 1.82) is 0 Å². The van der Waals surface area contributed by atoms with E-state index in [0.29, 0.717) is 0 Å².